The van der Waals surface area contributed by atoms with Crippen molar-refractivity contribution in [2.24, 2.45) is 7.05 Å². The molecule has 0 radical (unpaired) electrons. The first-order valence-electron chi connectivity index (χ1n) is 6.52. The highest BCUT2D eigenvalue weighted by molar-refractivity contribution is 14.1. The highest BCUT2D eigenvalue weighted by Gasteiger charge is 2.07. The summed E-state index contributed by atoms with van der Waals surface area (Å²) in [6, 6.07) is 7.96. The molecule has 0 atom stereocenters. The number of fused-ring (bicyclic) bond motifs is 1. The van der Waals surface area contributed by atoms with Gasteiger partial charge in [0.25, 0.3) is 0 Å². The number of halogens is 2. The monoisotopic (exact) mass is 412 g/mol. The number of nitrogens with zero attached hydrogens (tertiary/aromatic N) is 3. The average Bonchev–Trinajstić information content (AvgIpc) is 2.73. The lowest BCUT2D eigenvalue weighted by atomic mass is 10.2. The van der Waals surface area contributed by atoms with Crippen LogP contribution in [0, 0.1) is 10.5 Å². The Bertz CT molecular complexity index is 813. The molecule has 0 spiro atoms. The van der Waals surface area contributed by atoms with Crippen LogP contribution in [0.1, 0.15) is 11.3 Å². The van der Waals surface area contributed by atoms with Crippen LogP contribution < -0.4 is 5.32 Å². The predicted molar refractivity (Wildman–Crippen MR) is 94.7 cm³/mol. The topological polar surface area (TPSA) is 42.7 Å². The zero-order valence-corrected chi connectivity index (χ0v) is 14.6. The van der Waals surface area contributed by atoms with Gasteiger partial charge in [0, 0.05) is 39.5 Å². The average molecular weight is 413 g/mol. The number of pyridine rings is 1. The van der Waals surface area contributed by atoms with Crippen LogP contribution in [0.4, 0.5) is 5.69 Å². The molecule has 1 N–H and O–H groups in total. The van der Waals surface area contributed by atoms with E-state index in [2.05, 4.69) is 44.1 Å². The van der Waals surface area contributed by atoms with Gasteiger partial charge in [-0.15, -0.1) is 0 Å². The third-order valence-electron chi connectivity index (χ3n) is 3.33. The minimum Gasteiger partial charge on any atom is -0.380 e. The fourth-order valence-electron chi connectivity index (χ4n) is 2.28. The Balaban J connectivity index is 1.83. The lowest BCUT2D eigenvalue weighted by molar-refractivity contribution is 0.773. The van der Waals surface area contributed by atoms with Crippen molar-refractivity contribution < 1.29 is 0 Å². The molecule has 3 aromatic rings. The van der Waals surface area contributed by atoms with Crippen molar-refractivity contribution in [3.63, 3.8) is 0 Å². The molecule has 0 aliphatic heterocycles. The first-order valence-corrected chi connectivity index (χ1v) is 7.97. The number of hydrogen-bond donors (Lipinski definition) is 1. The summed E-state index contributed by atoms with van der Waals surface area (Å²) in [5.41, 5.74) is 4.12. The molecular formula is C15H14ClIN4. The van der Waals surface area contributed by atoms with E-state index in [0.717, 1.165) is 43.1 Å². The summed E-state index contributed by atoms with van der Waals surface area (Å²) in [7, 11) is 1.91. The van der Waals surface area contributed by atoms with E-state index < -0.39 is 0 Å². The molecule has 0 bridgehead atoms. The normalized spacial score (nSPS) is 11.0. The largest absolute Gasteiger partial charge is 0.380 e. The van der Waals surface area contributed by atoms with Crippen LogP contribution in [0.25, 0.3) is 11.0 Å². The minimum absolute atomic E-state index is 0.717. The third-order valence-corrected chi connectivity index (χ3v) is 4.46. The van der Waals surface area contributed by atoms with Gasteiger partial charge in [0.05, 0.1) is 5.69 Å². The summed E-state index contributed by atoms with van der Waals surface area (Å²) >= 11 is 8.24. The molecule has 21 heavy (non-hydrogen) atoms. The number of rotatable bonds is 3. The van der Waals surface area contributed by atoms with Crippen LogP contribution in [0.5, 0.6) is 0 Å². The first kappa shape index (κ1) is 14.6. The van der Waals surface area contributed by atoms with E-state index in [1.807, 2.05) is 43.0 Å². The van der Waals surface area contributed by atoms with Crippen LogP contribution in [-0.2, 0) is 13.6 Å². The van der Waals surface area contributed by atoms with Gasteiger partial charge in [-0.25, -0.2) is 4.98 Å². The van der Waals surface area contributed by atoms with Crippen molar-refractivity contribution in [2.45, 2.75) is 13.5 Å². The molecule has 108 valence electrons. The zero-order chi connectivity index (χ0) is 15.0. The van der Waals surface area contributed by atoms with Crippen molar-refractivity contribution in [3.8, 4) is 0 Å². The molecule has 0 amide bonds. The van der Waals surface area contributed by atoms with Crippen molar-refractivity contribution >= 4 is 50.9 Å². The van der Waals surface area contributed by atoms with Crippen molar-refractivity contribution in [1.82, 2.24) is 14.8 Å². The van der Waals surface area contributed by atoms with E-state index in [1.54, 1.807) is 0 Å². The van der Waals surface area contributed by atoms with Crippen molar-refractivity contribution in [1.29, 1.82) is 0 Å². The standard InChI is InChI=1S/C15H14ClIN4/c1-9-12-5-10(8-19-15(12)21(2)20-9)7-18-14-4-3-11(16)6-13(14)17/h3-6,8,18H,7H2,1-2H3. The fraction of sp³-hybridized carbons (Fsp3) is 0.200. The summed E-state index contributed by atoms with van der Waals surface area (Å²) in [5, 5.41) is 9.65. The number of anilines is 1. The summed E-state index contributed by atoms with van der Waals surface area (Å²) in [5.74, 6) is 0. The van der Waals surface area contributed by atoms with Crippen LogP contribution in [-0.4, -0.2) is 14.8 Å². The Hall–Kier alpha value is -1.34. The number of hydrogen-bond acceptors (Lipinski definition) is 3. The van der Waals surface area contributed by atoms with E-state index in [-0.39, 0.29) is 0 Å². The van der Waals surface area contributed by atoms with E-state index >= 15 is 0 Å². The second kappa shape index (κ2) is 5.81. The van der Waals surface area contributed by atoms with Crippen LogP contribution in [0.15, 0.2) is 30.5 Å². The zero-order valence-electron chi connectivity index (χ0n) is 11.7. The summed E-state index contributed by atoms with van der Waals surface area (Å²) in [6.07, 6.45) is 1.89. The molecule has 4 nitrogen and oxygen atoms in total. The van der Waals surface area contributed by atoms with Gasteiger partial charge in [-0.3, -0.25) is 4.68 Å². The van der Waals surface area contributed by atoms with Crippen LogP contribution >= 0.6 is 34.2 Å². The van der Waals surface area contributed by atoms with E-state index in [0.29, 0.717) is 0 Å². The second-order valence-electron chi connectivity index (χ2n) is 4.90. The lowest BCUT2D eigenvalue weighted by Crippen LogP contribution is -2.02. The summed E-state index contributed by atoms with van der Waals surface area (Å²) in [4.78, 5) is 4.49. The second-order valence-corrected chi connectivity index (χ2v) is 6.50. The Kier molecular flexibility index (Phi) is 4.03. The van der Waals surface area contributed by atoms with Gasteiger partial charge in [0.2, 0.25) is 0 Å². The van der Waals surface area contributed by atoms with Crippen LogP contribution in [0.2, 0.25) is 5.02 Å². The van der Waals surface area contributed by atoms with Gasteiger partial charge >= 0.3 is 0 Å². The molecular weight excluding hydrogens is 399 g/mol. The number of aryl methyl sites for hydroxylation is 2. The van der Waals surface area contributed by atoms with Gasteiger partial charge in [0.15, 0.2) is 5.65 Å². The molecule has 0 unspecified atom stereocenters. The van der Waals surface area contributed by atoms with Crippen molar-refractivity contribution in [2.75, 3.05) is 5.32 Å². The highest BCUT2D eigenvalue weighted by atomic mass is 127. The Morgan fingerprint density at radius 1 is 1.33 bits per heavy atom. The Labute approximate surface area is 141 Å². The van der Waals surface area contributed by atoms with Gasteiger partial charge in [-0.2, -0.15) is 5.10 Å². The van der Waals surface area contributed by atoms with Gasteiger partial charge < -0.3 is 5.32 Å². The number of benzene rings is 1. The van der Waals surface area contributed by atoms with E-state index in [9.17, 15) is 0 Å². The third kappa shape index (κ3) is 2.98. The Morgan fingerprint density at radius 2 is 2.14 bits per heavy atom. The molecule has 1 aromatic carbocycles. The molecule has 0 saturated heterocycles. The van der Waals surface area contributed by atoms with Crippen LogP contribution in [0.3, 0.4) is 0 Å². The molecule has 0 fully saturated rings. The molecule has 2 aromatic heterocycles. The maximum atomic E-state index is 5.97. The SMILES string of the molecule is Cc1nn(C)c2ncc(CNc3ccc(Cl)cc3I)cc12. The van der Waals surface area contributed by atoms with Gasteiger partial charge in [0.1, 0.15) is 0 Å². The maximum absolute atomic E-state index is 5.97. The quantitative estimate of drug-likeness (QED) is 0.657. The van der Waals surface area contributed by atoms with Gasteiger partial charge in [-0.1, -0.05) is 11.6 Å². The summed E-state index contributed by atoms with van der Waals surface area (Å²) in [6.45, 7) is 2.72. The molecule has 0 saturated carbocycles. The minimum atomic E-state index is 0.717. The van der Waals surface area contributed by atoms with Gasteiger partial charge in [-0.05, 0) is 59.3 Å². The maximum Gasteiger partial charge on any atom is 0.157 e. The molecule has 2 heterocycles. The molecule has 3 rings (SSSR count). The molecule has 6 heteroatoms. The fourth-order valence-corrected chi connectivity index (χ4v) is 3.34. The summed E-state index contributed by atoms with van der Waals surface area (Å²) < 4.78 is 2.91. The molecule has 0 aliphatic rings. The van der Waals surface area contributed by atoms with Crippen molar-refractivity contribution in [3.05, 3.63) is 50.3 Å². The van der Waals surface area contributed by atoms with E-state index in [1.165, 1.54) is 0 Å². The lowest BCUT2D eigenvalue weighted by Gasteiger charge is -2.09. The number of aromatic nitrogens is 3. The highest BCUT2D eigenvalue weighted by Crippen LogP contribution is 2.23. The predicted octanol–water partition coefficient (Wildman–Crippen LogP) is 4.15. The number of nitrogens with one attached hydrogen (secondary N) is 1. The first-order chi connectivity index (χ1) is 10.0. The smallest absolute Gasteiger partial charge is 0.157 e. The van der Waals surface area contributed by atoms with E-state index in [4.69, 9.17) is 11.6 Å². The molecule has 0 aliphatic carbocycles. The Morgan fingerprint density at radius 3 is 2.90 bits per heavy atom.